The molecule has 0 bridgehead atoms. The first kappa shape index (κ1) is 27.7. The van der Waals surface area contributed by atoms with Crippen molar-refractivity contribution in [2.24, 2.45) is 0 Å². The van der Waals surface area contributed by atoms with Gasteiger partial charge in [0.15, 0.2) is 0 Å². The number of benzene rings is 2. The molecule has 188 valence electrons. The van der Waals surface area contributed by atoms with Crippen molar-refractivity contribution in [3.63, 3.8) is 0 Å². The molecule has 2 aromatic carbocycles. The minimum Gasteiger partial charge on any atom is -0.380 e. The Morgan fingerprint density at radius 2 is 0.882 bits per heavy atom. The molecule has 2 unspecified atom stereocenters. The molecule has 0 aromatic heterocycles. The first-order valence-electron chi connectivity index (χ1n) is 12.8. The summed E-state index contributed by atoms with van der Waals surface area (Å²) in [6.07, 6.45) is 6.14. The van der Waals surface area contributed by atoms with E-state index >= 15 is 0 Å². The Morgan fingerprint density at radius 3 is 1.32 bits per heavy atom. The average molecular weight is 504 g/mol. The predicted octanol–water partition coefficient (Wildman–Crippen LogP) is 2.81. The van der Waals surface area contributed by atoms with Gasteiger partial charge in [-0.3, -0.25) is 0 Å². The van der Waals surface area contributed by atoms with E-state index in [1.807, 2.05) is 0 Å². The van der Waals surface area contributed by atoms with E-state index in [0.29, 0.717) is 0 Å². The Kier molecular flexibility index (Phi) is 15.0. The fourth-order valence-electron chi connectivity index (χ4n) is 4.04. The number of ether oxygens (including phenoxy) is 2. The van der Waals surface area contributed by atoms with E-state index in [2.05, 4.69) is 76.6 Å². The molecule has 34 heavy (non-hydrogen) atoms. The van der Waals surface area contributed by atoms with Gasteiger partial charge < -0.3 is 25.4 Å². The quantitative estimate of drug-likeness (QED) is 0.551. The molecule has 1 fully saturated rings. The van der Waals surface area contributed by atoms with Gasteiger partial charge in [-0.15, -0.1) is 0 Å². The van der Waals surface area contributed by atoms with Crippen LogP contribution in [-0.2, 0) is 9.47 Å². The van der Waals surface area contributed by atoms with E-state index in [9.17, 15) is 0 Å². The second-order valence-corrected chi connectivity index (χ2v) is 13.5. The summed E-state index contributed by atoms with van der Waals surface area (Å²) >= 11 is 0. The Labute approximate surface area is 209 Å². The monoisotopic (exact) mass is 503 g/mol. The Morgan fingerprint density at radius 1 is 0.471 bits per heavy atom. The van der Waals surface area contributed by atoms with Crippen molar-refractivity contribution in [1.82, 2.24) is 16.0 Å². The molecule has 1 aliphatic rings. The normalized spacial score (nSPS) is 23.9. The summed E-state index contributed by atoms with van der Waals surface area (Å²) in [5.74, 6) is 0. The highest BCUT2D eigenvalue weighted by Crippen LogP contribution is 2.39. The van der Waals surface area contributed by atoms with E-state index < -0.39 is 0 Å². The molecule has 0 spiro atoms. The standard InChI is InChI=1S/C27H43N3O2P2/c1-3-8-26(9-4-1)33-22-7-23-34(27-10-5-2-6-11-27)25-21-32-19-17-30-15-13-28-12-14-29-16-18-31-20-24-33/h1-6,8-11,28-30H,7,12-25H2. The largest absolute Gasteiger partial charge is 0.380 e. The van der Waals surface area contributed by atoms with Gasteiger partial charge in [0.2, 0.25) is 0 Å². The van der Waals surface area contributed by atoms with Gasteiger partial charge in [-0.2, -0.15) is 0 Å². The Hall–Kier alpha value is -0.900. The van der Waals surface area contributed by atoms with Crippen molar-refractivity contribution in [3.05, 3.63) is 60.7 Å². The summed E-state index contributed by atoms with van der Waals surface area (Å²) in [5, 5.41) is 13.4. The fourth-order valence-corrected chi connectivity index (χ4v) is 8.74. The first-order chi connectivity index (χ1) is 16.9. The Balaban J connectivity index is 1.56. The maximum atomic E-state index is 6.00. The third kappa shape index (κ3) is 11.7. The lowest BCUT2D eigenvalue weighted by Gasteiger charge is -2.22. The molecule has 1 saturated heterocycles. The van der Waals surface area contributed by atoms with Crippen LogP contribution in [0.1, 0.15) is 6.42 Å². The summed E-state index contributed by atoms with van der Waals surface area (Å²) in [7, 11) is -0.367. The predicted molar refractivity (Wildman–Crippen MR) is 150 cm³/mol. The molecular formula is C27H43N3O2P2. The van der Waals surface area contributed by atoms with Gasteiger partial charge in [-0.1, -0.05) is 76.5 Å². The van der Waals surface area contributed by atoms with Crippen LogP contribution in [0.15, 0.2) is 60.7 Å². The van der Waals surface area contributed by atoms with Crippen LogP contribution in [-0.4, -0.2) is 90.3 Å². The molecule has 5 nitrogen and oxygen atoms in total. The van der Waals surface area contributed by atoms with Crippen LogP contribution in [0, 0.1) is 0 Å². The highest BCUT2D eigenvalue weighted by atomic mass is 31.1. The van der Waals surface area contributed by atoms with Crippen LogP contribution >= 0.6 is 15.8 Å². The van der Waals surface area contributed by atoms with E-state index in [-0.39, 0.29) is 15.8 Å². The zero-order valence-corrected chi connectivity index (χ0v) is 22.4. The van der Waals surface area contributed by atoms with Gasteiger partial charge in [0.05, 0.1) is 26.4 Å². The molecule has 2 aromatic rings. The van der Waals surface area contributed by atoms with Crippen molar-refractivity contribution in [2.45, 2.75) is 6.42 Å². The van der Waals surface area contributed by atoms with Gasteiger partial charge >= 0.3 is 0 Å². The molecule has 3 N–H and O–H groups in total. The van der Waals surface area contributed by atoms with Gasteiger partial charge in [-0.25, -0.2) is 0 Å². The molecule has 0 saturated carbocycles. The van der Waals surface area contributed by atoms with E-state index in [4.69, 9.17) is 9.47 Å². The molecule has 2 atom stereocenters. The van der Waals surface area contributed by atoms with Crippen LogP contribution < -0.4 is 26.6 Å². The topological polar surface area (TPSA) is 54.5 Å². The molecule has 3 rings (SSSR count). The van der Waals surface area contributed by atoms with Crippen molar-refractivity contribution < 1.29 is 9.47 Å². The molecule has 1 heterocycles. The zero-order valence-electron chi connectivity index (χ0n) is 20.6. The minimum atomic E-state index is -0.183. The highest BCUT2D eigenvalue weighted by Gasteiger charge is 2.15. The minimum absolute atomic E-state index is 0.183. The summed E-state index contributed by atoms with van der Waals surface area (Å²) in [4.78, 5) is 0. The van der Waals surface area contributed by atoms with Crippen molar-refractivity contribution in [2.75, 3.05) is 90.3 Å². The summed E-state index contributed by atoms with van der Waals surface area (Å²) in [6, 6.07) is 22.2. The van der Waals surface area contributed by atoms with E-state index in [1.54, 1.807) is 0 Å². The van der Waals surface area contributed by atoms with Crippen LogP contribution in [0.25, 0.3) is 0 Å². The SMILES string of the molecule is c1ccc(P2CCCP(c3ccccc3)CCOCCNCCNCCNCCOCC2)cc1. The van der Waals surface area contributed by atoms with Crippen molar-refractivity contribution in [3.8, 4) is 0 Å². The molecule has 0 radical (unpaired) electrons. The van der Waals surface area contributed by atoms with Gasteiger partial charge in [0.1, 0.15) is 0 Å². The highest BCUT2D eigenvalue weighted by molar-refractivity contribution is 7.66. The zero-order chi connectivity index (χ0) is 23.5. The van der Waals surface area contributed by atoms with Gasteiger partial charge in [0, 0.05) is 39.3 Å². The molecule has 0 aliphatic carbocycles. The van der Waals surface area contributed by atoms with Gasteiger partial charge in [0.25, 0.3) is 0 Å². The number of hydrogen-bond acceptors (Lipinski definition) is 5. The van der Waals surface area contributed by atoms with Crippen LogP contribution in [0.5, 0.6) is 0 Å². The van der Waals surface area contributed by atoms with Crippen LogP contribution in [0.2, 0.25) is 0 Å². The average Bonchev–Trinajstić information content (AvgIpc) is 2.88. The summed E-state index contributed by atoms with van der Waals surface area (Å²) < 4.78 is 12.0. The molecular weight excluding hydrogens is 460 g/mol. The maximum Gasteiger partial charge on any atom is 0.0591 e. The lowest BCUT2D eigenvalue weighted by Crippen LogP contribution is -2.34. The number of hydrogen-bond donors (Lipinski definition) is 3. The van der Waals surface area contributed by atoms with Crippen molar-refractivity contribution >= 4 is 26.5 Å². The lowest BCUT2D eigenvalue weighted by atomic mass is 10.4. The Bertz CT molecular complexity index is 678. The number of nitrogens with one attached hydrogen (secondary N) is 3. The third-order valence-electron chi connectivity index (χ3n) is 5.91. The van der Waals surface area contributed by atoms with Crippen LogP contribution in [0.4, 0.5) is 0 Å². The lowest BCUT2D eigenvalue weighted by molar-refractivity contribution is 0.151. The third-order valence-corrected chi connectivity index (χ3v) is 11.1. The summed E-state index contributed by atoms with van der Waals surface area (Å²) in [5.41, 5.74) is 0. The van der Waals surface area contributed by atoms with E-state index in [0.717, 1.165) is 78.0 Å². The molecule has 7 heteroatoms. The first-order valence-corrected chi connectivity index (χ1v) is 16.2. The van der Waals surface area contributed by atoms with Crippen LogP contribution in [0.3, 0.4) is 0 Å². The number of rotatable bonds is 2. The van der Waals surface area contributed by atoms with Gasteiger partial charge in [-0.05, 0) is 41.7 Å². The second-order valence-electron chi connectivity index (χ2n) is 8.47. The smallest absolute Gasteiger partial charge is 0.0591 e. The summed E-state index contributed by atoms with van der Waals surface area (Å²) in [6.45, 7) is 9.06. The van der Waals surface area contributed by atoms with E-state index in [1.165, 1.54) is 29.4 Å². The molecule has 0 amide bonds. The fraction of sp³-hybridized carbons (Fsp3) is 0.556. The maximum absolute atomic E-state index is 6.00. The van der Waals surface area contributed by atoms with Crippen molar-refractivity contribution in [1.29, 1.82) is 0 Å². The molecule has 1 aliphatic heterocycles. The second kappa shape index (κ2) is 18.4.